The van der Waals surface area contributed by atoms with E-state index in [0.29, 0.717) is 5.56 Å². The molecule has 0 saturated carbocycles. The zero-order valence-electron chi connectivity index (χ0n) is 13.8. The summed E-state index contributed by atoms with van der Waals surface area (Å²) in [5.41, 5.74) is 3.03. The van der Waals surface area contributed by atoms with Crippen LogP contribution in [-0.2, 0) is 0 Å². The van der Waals surface area contributed by atoms with E-state index >= 15 is 0 Å². The molecular weight excluding hydrogens is 370 g/mol. The summed E-state index contributed by atoms with van der Waals surface area (Å²) in [6, 6.07) is 6.10. The van der Waals surface area contributed by atoms with E-state index in [-0.39, 0.29) is 12.0 Å². The first-order valence-corrected chi connectivity index (χ1v) is 8.89. The molecule has 3 heterocycles. The molecule has 126 valence electrons. The van der Waals surface area contributed by atoms with Crippen LogP contribution in [0.4, 0.5) is 0 Å². The maximum absolute atomic E-state index is 11.6. The fourth-order valence-electron chi connectivity index (χ4n) is 3.67. The van der Waals surface area contributed by atoms with Crippen LogP contribution in [-0.4, -0.2) is 33.5 Å². The monoisotopic (exact) mass is 389 g/mol. The number of carboxylic acids is 1. The molecule has 0 bridgehead atoms. The average Bonchev–Trinajstić information content (AvgIpc) is 2.93. The summed E-state index contributed by atoms with van der Waals surface area (Å²) in [6.45, 7) is 5.72. The lowest BCUT2D eigenvalue weighted by Gasteiger charge is -2.35. The quantitative estimate of drug-likeness (QED) is 0.860. The number of carboxylic acid groups (broad SMARTS) is 1. The van der Waals surface area contributed by atoms with Gasteiger partial charge in [-0.05, 0) is 60.3 Å². The van der Waals surface area contributed by atoms with E-state index in [1.54, 1.807) is 6.07 Å². The van der Waals surface area contributed by atoms with Gasteiger partial charge in [0.15, 0.2) is 0 Å². The second-order valence-electron chi connectivity index (χ2n) is 6.44. The van der Waals surface area contributed by atoms with E-state index in [1.165, 1.54) is 0 Å². The molecule has 0 radical (unpaired) electrons. The van der Waals surface area contributed by atoms with Crippen molar-refractivity contribution in [2.45, 2.75) is 32.7 Å². The lowest BCUT2D eigenvalue weighted by Crippen LogP contribution is -2.36. The van der Waals surface area contributed by atoms with E-state index in [1.807, 2.05) is 19.2 Å². The summed E-state index contributed by atoms with van der Waals surface area (Å²) in [5, 5.41) is 18.6. The van der Waals surface area contributed by atoms with Gasteiger partial charge in [0.05, 0.1) is 11.6 Å². The summed E-state index contributed by atoms with van der Waals surface area (Å²) in [4.78, 5) is 14.0. The highest BCUT2D eigenvalue weighted by Gasteiger charge is 2.27. The number of aromatic carboxylic acids is 1. The van der Waals surface area contributed by atoms with E-state index in [9.17, 15) is 9.90 Å². The molecule has 0 amide bonds. The van der Waals surface area contributed by atoms with Crippen LogP contribution in [0.3, 0.4) is 0 Å². The molecule has 0 aliphatic carbocycles. The van der Waals surface area contributed by atoms with E-state index in [2.05, 4.69) is 38.2 Å². The summed E-state index contributed by atoms with van der Waals surface area (Å²) in [5.74, 6) is -0.760. The van der Waals surface area contributed by atoms with Crippen molar-refractivity contribution in [2.24, 2.45) is 5.92 Å². The van der Waals surface area contributed by atoms with Crippen molar-refractivity contribution in [3.05, 3.63) is 39.6 Å². The summed E-state index contributed by atoms with van der Waals surface area (Å²) >= 11 is 3.49. The largest absolute Gasteiger partial charge is 0.478 e. The Morgan fingerprint density at radius 1 is 1.42 bits per heavy atom. The zero-order chi connectivity index (χ0) is 17.4. The van der Waals surface area contributed by atoms with Crippen LogP contribution in [0.15, 0.2) is 22.8 Å². The smallest absolute Gasteiger partial charge is 0.336 e. The number of hydrogen-bond acceptors (Lipinski definition) is 3. The Morgan fingerprint density at radius 2 is 2.08 bits per heavy atom. The van der Waals surface area contributed by atoms with Gasteiger partial charge in [-0.25, -0.2) is 4.79 Å². The lowest BCUT2D eigenvalue weighted by atomic mass is 9.95. The summed E-state index contributed by atoms with van der Waals surface area (Å²) < 4.78 is 3.01. The molecule has 1 aliphatic heterocycles. The van der Waals surface area contributed by atoms with Crippen LogP contribution in [0.5, 0.6) is 0 Å². The third-order valence-electron chi connectivity index (χ3n) is 5.04. The van der Waals surface area contributed by atoms with Crippen LogP contribution in [0.25, 0.3) is 5.52 Å². The first kappa shape index (κ1) is 17.0. The molecule has 1 atom stereocenters. The van der Waals surface area contributed by atoms with Gasteiger partial charge in [0, 0.05) is 46.9 Å². The Kier molecular flexibility index (Phi) is 4.66. The highest BCUT2D eigenvalue weighted by Crippen LogP contribution is 2.32. The Labute approximate surface area is 149 Å². The molecule has 1 unspecified atom stereocenters. The number of nitrogens with zero attached hydrogens (tertiary/aromatic N) is 3. The van der Waals surface area contributed by atoms with Crippen LogP contribution >= 0.6 is 15.9 Å². The number of nitriles is 1. The predicted octanol–water partition coefficient (Wildman–Crippen LogP) is 4.01. The minimum absolute atomic E-state index is 0.0887. The fourth-order valence-corrected chi connectivity index (χ4v) is 4.11. The molecular formula is C18H20BrN3O2. The van der Waals surface area contributed by atoms with Crippen LogP contribution in [0, 0.1) is 24.2 Å². The van der Waals surface area contributed by atoms with Gasteiger partial charge >= 0.3 is 5.97 Å². The van der Waals surface area contributed by atoms with Gasteiger partial charge in [-0.15, -0.1) is 0 Å². The molecule has 0 spiro atoms. The lowest BCUT2D eigenvalue weighted by molar-refractivity contribution is 0.0695. The van der Waals surface area contributed by atoms with Crippen LogP contribution in [0.1, 0.15) is 47.4 Å². The molecule has 24 heavy (non-hydrogen) atoms. The third-order valence-corrected chi connectivity index (χ3v) is 5.48. The van der Waals surface area contributed by atoms with E-state index in [0.717, 1.165) is 47.2 Å². The molecule has 1 saturated heterocycles. The Balaban J connectivity index is 2.06. The SMILES string of the molecule is Cc1c(C(=O)O)cc2cc(Br)cn2c1C(C)N1CCC(C#N)CC1. The Morgan fingerprint density at radius 3 is 2.67 bits per heavy atom. The molecule has 2 aromatic heterocycles. The highest BCUT2D eigenvalue weighted by molar-refractivity contribution is 9.10. The third kappa shape index (κ3) is 2.94. The normalized spacial score (nSPS) is 17.8. The second kappa shape index (κ2) is 6.58. The number of likely N-dealkylation sites (tertiary alicyclic amines) is 1. The van der Waals surface area contributed by atoms with Crippen LogP contribution < -0.4 is 0 Å². The fraction of sp³-hybridized carbons (Fsp3) is 0.444. The molecule has 2 aromatic rings. The zero-order valence-corrected chi connectivity index (χ0v) is 15.4. The van der Waals surface area contributed by atoms with Gasteiger partial charge in [0.2, 0.25) is 0 Å². The number of rotatable bonds is 3. The maximum atomic E-state index is 11.6. The molecule has 0 aromatic carbocycles. The number of aromatic nitrogens is 1. The molecule has 6 heteroatoms. The summed E-state index contributed by atoms with van der Waals surface area (Å²) in [6.07, 6.45) is 3.73. The number of halogens is 1. The van der Waals surface area contributed by atoms with Crippen molar-refractivity contribution in [2.75, 3.05) is 13.1 Å². The second-order valence-corrected chi connectivity index (χ2v) is 7.36. The molecule has 1 N–H and O–H groups in total. The van der Waals surface area contributed by atoms with Crippen molar-refractivity contribution in [1.82, 2.24) is 9.30 Å². The van der Waals surface area contributed by atoms with E-state index < -0.39 is 5.97 Å². The standard InChI is InChI=1S/C18H20BrN3O2/c1-11-16(18(23)24)8-15-7-14(19)10-22(15)17(11)12(2)21-5-3-13(9-20)4-6-21/h7-8,10,12-13H,3-6H2,1-2H3,(H,23,24). The average molecular weight is 390 g/mol. The van der Waals surface area contributed by atoms with Gasteiger partial charge in [0.25, 0.3) is 0 Å². The molecule has 5 nitrogen and oxygen atoms in total. The molecule has 1 aliphatic rings. The minimum atomic E-state index is -0.899. The van der Waals surface area contributed by atoms with Crippen LogP contribution in [0.2, 0.25) is 0 Å². The first-order valence-electron chi connectivity index (χ1n) is 8.10. The van der Waals surface area contributed by atoms with Crippen molar-refractivity contribution in [1.29, 1.82) is 5.26 Å². The van der Waals surface area contributed by atoms with Crippen molar-refractivity contribution in [3.8, 4) is 6.07 Å². The minimum Gasteiger partial charge on any atom is -0.478 e. The van der Waals surface area contributed by atoms with Gasteiger partial charge in [-0.1, -0.05) is 0 Å². The van der Waals surface area contributed by atoms with Gasteiger partial charge < -0.3 is 9.51 Å². The topological polar surface area (TPSA) is 68.7 Å². The van der Waals surface area contributed by atoms with Crippen molar-refractivity contribution >= 4 is 27.4 Å². The van der Waals surface area contributed by atoms with E-state index in [4.69, 9.17) is 5.26 Å². The maximum Gasteiger partial charge on any atom is 0.336 e. The number of hydrogen-bond donors (Lipinski definition) is 1. The number of carbonyl (C=O) groups is 1. The number of piperidine rings is 1. The Hall–Kier alpha value is -1.84. The molecule has 3 rings (SSSR count). The Bertz CT molecular complexity index is 829. The summed E-state index contributed by atoms with van der Waals surface area (Å²) in [7, 11) is 0. The number of pyridine rings is 1. The predicted molar refractivity (Wildman–Crippen MR) is 95.1 cm³/mol. The van der Waals surface area contributed by atoms with Gasteiger partial charge in [-0.2, -0.15) is 5.26 Å². The van der Waals surface area contributed by atoms with Gasteiger partial charge in [0.1, 0.15) is 0 Å². The number of fused-ring (bicyclic) bond motifs is 1. The molecule has 1 fully saturated rings. The first-order chi connectivity index (χ1) is 11.4. The van der Waals surface area contributed by atoms with Crippen molar-refractivity contribution in [3.63, 3.8) is 0 Å². The van der Waals surface area contributed by atoms with Gasteiger partial charge in [-0.3, -0.25) is 4.90 Å². The van der Waals surface area contributed by atoms with Crippen molar-refractivity contribution < 1.29 is 9.90 Å². The highest BCUT2D eigenvalue weighted by atomic mass is 79.9.